The van der Waals surface area contributed by atoms with Crippen molar-refractivity contribution in [3.05, 3.63) is 0 Å². The maximum atomic E-state index is 9.31. The molecule has 1 aliphatic heterocycles. The van der Waals surface area contributed by atoms with Crippen LogP contribution < -0.4 is 5.32 Å². The summed E-state index contributed by atoms with van der Waals surface area (Å²) in [6.45, 7) is 9.56. The third kappa shape index (κ3) is 6.14. The quantitative estimate of drug-likeness (QED) is 0.653. The van der Waals surface area contributed by atoms with Gasteiger partial charge in [0.25, 0.3) is 0 Å². The molecule has 0 amide bonds. The lowest BCUT2D eigenvalue weighted by Gasteiger charge is -2.33. The molecule has 0 aromatic heterocycles. The Labute approximate surface area is 112 Å². The Balaban J connectivity index is 2.20. The van der Waals surface area contributed by atoms with Gasteiger partial charge < -0.3 is 20.1 Å². The van der Waals surface area contributed by atoms with E-state index in [9.17, 15) is 5.11 Å². The Morgan fingerprint density at radius 1 is 1.44 bits per heavy atom. The fourth-order valence-corrected chi connectivity index (χ4v) is 2.53. The average Bonchev–Trinajstić information content (AvgIpc) is 2.40. The van der Waals surface area contributed by atoms with Crippen LogP contribution in [0.3, 0.4) is 0 Å². The maximum Gasteiger partial charge on any atom is 0.0702 e. The number of piperidine rings is 1. The molecule has 2 unspecified atom stereocenters. The second-order valence-electron chi connectivity index (χ2n) is 5.14. The number of aliphatic hydroxyl groups is 1. The van der Waals surface area contributed by atoms with Gasteiger partial charge in [-0.2, -0.15) is 0 Å². The highest BCUT2D eigenvalue weighted by molar-refractivity contribution is 4.75. The summed E-state index contributed by atoms with van der Waals surface area (Å²) in [5.74, 6) is 0. The maximum absolute atomic E-state index is 9.31. The van der Waals surface area contributed by atoms with Gasteiger partial charge in [-0.25, -0.2) is 0 Å². The molecule has 4 heteroatoms. The van der Waals surface area contributed by atoms with Crippen LogP contribution in [0.25, 0.3) is 0 Å². The molecule has 1 saturated heterocycles. The second kappa shape index (κ2) is 9.73. The molecule has 0 spiro atoms. The van der Waals surface area contributed by atoms with Crippen molar-refractivity contribution >= 4 is 0 Å². The first-order chi connectivity index (χ1) is 8.80. The van der Waals surface area contributed by atoms with Gasteiger partial charge in [-0.1, -0.05) is 6.92 Å². The average molecular weight is 258 g/mol. The van der Waals surface area contributed by atoms with Crippen molar-refractivity contribution in [2.45, 2.75) is 51.7 Å². The number of nitrogens with one attached hydrogen (secondary N) is 1. The van der Waals surface area contributed by atoms with Crippen molar-refractivity contribution in [1.82, 2.24) is 10.2 Å². The normalized spacial score (nSPS) is 23.2. The molecule has 0 saturated carbocycles. The highest BCUT2D eigenvalue weighted by Gasteiger charge is 2.20. The van der Waals surface area contributed by atoms with Gasteiger partial charge in [0, 0.05) is 19.2 Å². The van der Waals surface area contributed by atoms with Gasteiger partial charge in [0.2, 0.25) is 0 Å². The number of ether oxygens (including phenoxy) is 1. The van der Waals surface area contributed by atoms with E-state index >= 15 is 0 Å². The van der Waals surface area contributed by atoms with Crippen molar-refractivity contribution in [2.75, 3.05) is 39.4 Å². The van der Waals surface area contributed by atoms with Crippen molar-refractivity contribution in [3.8, 4) is 0 Å². The van der Waals surface area contributed by atoms with E-state index in [1.807, 2.05) is 0 Å². The van der Waals surface area contributed by atoms with Crippen LogP contribution >= 0.6 is 0 Å². The van der Waals surface area contributed by atoms with E-state index in [0.29, 0.717) is 6.10 Å². The second-order valence-corrected chi connectivity index (χ2v) is 5.14. The molecular weight excluding hydrogens is 228 g/mol. The molecule has 0 radical (unpaired) electrons. The van der Waals surface area contributed by atoms with Gasteiger partial charge in [0.15, 0.2) is 0 Å². The number of nitrogens with zero attached hydrogens (tertiary/aromatic N) is 1. The minimum Gasteiger partial charge on any atom is -0.395 e. The zero-order valence-corrected chi connectivity index (χ0v) is 12.0. The summed E-state index contributed by atoms with van der Waals surface area (Å²) in [5, 5.41) is 12.7. The Kier molecular flexibility index (Phi) is 8.59. The van der Waals surface area contributed by atoms with E-state index in [0.717, 1.165) is 39.1 Å². The van der Waals surface area contributed by atoms with Gasteiger partial charge in [-0.15, -0.1) is 0 Å². The predicted molar refractivity (Wildman–Crippen MR) is 74.9 cm³/mol. The van der Waals surface area contributed by atoms with Gasteiger partial charge in [0.05, 0.1) is 12.7 Å². The van der Waals surface area contributed by atoms with E-state index in [1.165, 1.54) is 19.4 Å². The zero-order valence-electron chi connectivity index (χ0n) is 12.0. The van der Waals surface area contributed by atoms with Crippen LogP contribution in [0.1, 0.15) is 39.5 Å². The zero-order chi connectivity index (χ0) is 13.2. The highest BCUT2D eigenvalue weighted by Crippen LogP contribution is 2.13. The van der Waals surface area contributed by atoms with Gasteiger partial charge >= 0.3 is 0 Å². The van der Waals surface area contributed by atoms with Crippen molar-refractivity contribution in [1.29, 1.82) is 0 Å². The van der Waals surface area contributed by atoms with Crippen LogP contribution in [-0.2, 0) is 4.74 Å². The molecule has 0 aromatic carbocycles. The van der Waals surface area contributed by atoms with Crippen molar-refractivity contribution < 1.29 is 9.84 Å². The molecule has 1 rings (SSSR count). The first kappa shape index (κ1) is 15.9. The first-order valence-electron chi connectivity index (χ1n) is 7.48. The number of hydrogen-bond acceptors (Lipinski definition) is 4. The Bertz CT molecular complexity index is 200. The van der Waals surface area contributed by atoms with Gasteiger partial charge in [-0.05, 0) is 52.2 Å². The molecule has 4 nitrogen and oxygen atoms in total. The smallest absolute Gasteiger partial charge is 0.0702 e. The van der Waals surface area contributed by atoms with Crippen LogP contribution in [0.4, 0.5) is 0 Å². The van der Waals surface area contributed by atoms with E-state index in [1.54, 1.807) is 0 Å². The Hall–Kier alpha value is -0.160. The summed E-state index contributed by atoms with van der Waals surface area (Å²) in [7, 11) is 0. The van der Waals surface area contributed by atoms with E-state index in [4.69, 9.17) is 4.74 Å². The molecule has 108 valence electrons. The summed E-state index contributed by atoms with van der Waals surface area (Å²) < 4.78 is 5.70. The predicted octanol–water partition coefficient (Wildman–Crippen LogP) is 1.24. The Morgan fingerprint density at radius 3 is 2.94 bits per heavy atom. The molecule has 18 heavy (non-hydrogen) atoms. The van der Waals surface area contributed by atoms with Gasteiger partial charge in [-0.3, -0.25) is 0 Å². The fourth-order valence-electron chi connectivity index (χ4n) is 2.53. The van der Waals surface area contributed by atoms with E-state index < -0.39 is 0 Å². The monoisotopic (exact) mass is 258 g/mol. The fraction of sp³-hybridized carbons (Fsp3) is 1.00. The summed E-state index contributed by atoms with van der Waals surface area (Å²) in [5.41, 5.74) is 0. The number of likely N-dealkylation sites (tertiary alicyclic amines) is 1. The lowest BCUT2D eigenvalue weighted by molar-refractivity contribution is 0.00461. The largest absolute Gasteiger partial charge is 0.395 e. The standard InChI is InChI=1S/C14H30N2O2/c1-3-8-15-13(12-17)7-10-16-9-5-6-14(11-16)18-4-2/h13-15,17H,3-12H2,1-2H3. The van der Waals surface area contributed by atoms with Gasteiger partial charge in [0.1, 0.15) is 0 Å². The molecule has 1 fully saturated rings. The third-order valence-corrected chi connectivity index (χ3v) is 3.56. The Morgan fingerprint density at radius 2 is 2.28 bits per heavy atom. The molecule has 2 N–H and O–H groups in total. The summed E-state index contributed by atoms with van der Waals surface area (Å²) in [4.78, 5) is 2.47. The molecular formula is C14H30N2O2. The SMILES string of the molecule is CCCNC(CO)CCN1CCCC(OCC)C1. The molecule has 2 atom stereocenters. The van der Waals surface area contributed by atoms with E-state index in [-0.39, 0.29) is 12.6 Å². The summed E-state index contributed by atoms with van der Waals surface area (Å²) in [6.07, 6.45) is 4.99. The minimum absolute atomic E-state index is 0.239. The molecule has 1 aliphatic rings. The summed E-state index contributed by atoms with van der Waals surface area (Å²) in [6, 6.07) is 0.248. The molecule has 0 aliphatic carbocycles. The van der Waals surface area contributed by atoms with Crippen molar-refractivity contribution in [2.24, 2.45) is 0 Å². The van der Waals surface area contributed by atoms with Crippen molar-refractivity contribution in [3.63, 3.8) is 0 Å². The molecule has 0 bridgehead atoms. The van der Waals surface area contributed by atoms with Crippen LogP contribution in [0.2, 0.25) is 0 Å². The number of rotatable bonds is 9. The van der Waals surface area contributed by atoms with Crippen LogP contribution in [-0.4, -0.2) is 61.5 Å². The number of hydrogen-bond donors (Lipinski definition) is 2. The third-order valence-electron chi connectivity index (χ3n) is 3.56. The number of aliphatic hydroxyl groups excluding tert-OH is 1. The minimum atomic E-state index is 0.239. The first-order valence-corrected chi connectivity index (χ1v) is 7.48. The van der Waals surface area contributed by atoms with E-state index in [2.05, 4.69) is 24.1 Å². The lowest BCUT2D eigenvalue weighted by atomic mass is 10.1. The highest BCUT2D eigenvalue weighted by atomic mass is 16.5. The van der Waals surface area contributed by atoms with Crippen LogP contribution in [0.15, 0.2) is 0 Å². The molecule has 1 heterocycles. The lowest BCUT2D eigenvalue weighted by Crippen LogP contribution is -2.43. The van der Waals surface area contributed by atoms with Crippen LogP contribution in [0.5, 0.6) is 0 Å². The molecule has 0 aromatic rings. The topological polar surface area (TPSA) is 44.7 Å². The summed E-state index contributed by atoms with van der Waals surface area (Å²) >= 11 is 0. The van der Waals surface area contributed by atoms with Crippen LogP contribution in [0, 0.1) is 0 Å².